The van der Waals surface area contributed by atoms with Crippen LogP contribution in [-0.2, 0) is 5.54 Å². The summed E-state index contributed by atoms with van der Waals surface area (Å²) in [5.74, 6) is 6.87. The Morgan fingerprint density at radius 2 is 1.59 bits per heavy atom. The lowest BCUT2D eigenvalue weighted by atomic mass is 9.71. The quantitative estimate of drug-likeness (QED) is 0.683. The van der Waals surface area contributed by atoms with Crippen molar-refractivity contribution in [2.45, 2.75) is 76.5 Å². The molecule has 29 heavy (non-hydrogen) atoms. The molecule has 5 heteroatoms. The van der Waals surface area contributed by atoms with Crippen LogP contribution < -0.4 is 16.8 Å². The van der Waals surface area contributed by atoms with Crippen LogP contribution in [0.1, 0.15) is 65.8 Å². The first-order valence-electron chi connectivity index (χ1n) is 10.1. The van der Waals surface area contributed by atoms with Crippen LogP contribution in [0.25, 0.3) is 11.3 Å². The lowest BCUT2D eigenvalue weighted by Crippen LogP contribution is -2.65. The van der Waals surface area contributed by atoms with Crippen LogP contribution in [0.2, 0.25) is 0 Å². The molecule has 1 saturated heterocycles. The Labute approximate surface area is 174 Å². The van der Waals surface area contributed by atoms with Gasteiger partial charge in [-0.15, -0.1) is 0 Å². The van der Waals surface area contributed by atoms with Gasteiger partial charge in [-0.05, 0) is 72.6 Å². The number of benzene rings is 1. The lowest BCUT2D eigenvalue weighted by molar-refractivity contribution is 0.0991. The molecular weight excluding hydrogens is 358 g/mol. The molecule has 1 aliphatic heterocycles. The number of hydrogen-bond donors (Lipinski definition) is 3. The van der Waals surface area contributed by atoms with Crippen molar-refractivity contribution in [1.82, 2.24) is 15.3 Å². The molecule has 0 atom stereocenters. The minimum absolute atomic E-state index is 0.0903. The summed E-state index contributed by atoms with van der Waals surface area (Å²) in [4.78, 5) is 9.43. The molecule has 1 aromatic carbocycles. The molecule has 0 radical (unpaired) electrons. The van der Waals surface area contributed by atoms with Gasteiger partial charge in [0.2, 0.25) is 0 Å². The minimum Gasteiger partial charge on any atom is -0.319 e. The van der Waals surface area contributed by atoms with Gasteiger partial charge in [0, 0.05) is 28.4 Å². The zero-order chi connectivity index (χ0) is 21.5. The van der Waals surface area contributed by atoms with Crippen molar-refractivity contribution in [3.8, 4) is 23.1 Å². The SMILES string of the molecule is CC(C)(N)C#Cc1ccc(-c2ccnc(C3(N)CC(C)(C)NC(C)(C)C3)n2)cc1. The van der Waals surface area contributed by atoms with Crippen molar-refractivity contribution in [1.29, 1.82) is 0 Å². The van der Waals surface area contributed by atoms with E-state index in [4.69, 9.17) is 16.5 Å². The largest absolute Gasteiger partial charge is 0.319 e. The van der Waals surface area contributed by atoms with E-state index >= 15 is 0 Å². The van der Waals surface area contributed by atoms with Gasteiger partial charge in [0.25, 0.3) is 0 Å². The summed E-state index contributed by atoms with van der Waals surface area (Å²) in [6, 6.07) is 9.96. The third kappa shape index (κ3) is 5.42. The highest BCUT2D eigenvalue weighted by Gasteiger charge is 2.47. The second-order valence-corrected chi connectivity index (χ2v) is 10.2. The molecule has 0 amide bonds. The first-order chi connectivity index (χ1) is 13.3. The van der Waals surface area contributed by atoms with Crippen molar-refractivity contribution in [2.24, 2.45) is 11.5 Å². The lowest BCUT2D eigenvalue weighted by Gasteiger charge is -2.50. The van der Waals surface area contributed by atoms with Gasteiger partial charge in [0.05, 0.1) is 16.8 Å². The number of nitrogens with one attached hydrogen (secondary N) is 1. The Hall–Kier alpha value is -2.26. The molecule has 0 aliphatic carbocycles. The minimum atomic E-state index is -0.577. The summed E-state index contributed by atoms with van der Waals surface area (Å²) in [5, 5.41) is 3.67. The highest BCUT2D eigenvalue weighted by molar-refractivity contribution is 5.60. The Balaban J connectivity index is 1.91. The first-order valence-corrected chi connectivity index (χ1v) is 10.1. The van der Waals surface area contributed by atoms with Crippen LogP contribution in [0, 0.1) is 11.8 Å². The number of piperidine rings is 1. The Bertz CT molecular complexity index is 924. The van der Waals surface area contributed by atoms with E-state index in [1.54, 1.807) is 6.20 Å². The third-order valence-electron chi connectivity index (χ3n) is 5.00. The van der Waals surface area contributed by atoms with E-state index in [9.17, 15) is 0 Å². The molecule has 1 aliphatic rings. The monoisotopic (exact) mass is 391 g/mol. The van der Waals surface area contributed by atoms with Gasteiger partial charge in [0.1, 0.15) is 5.82 Å². The summed E-state index contributed by atoms with van der Waals surface area (Å²) in [6.45, 7) is 12.5. The predicted molar refractivity (Wildman–Crippen MR) is 119 cm³/mol. The molecule has 5 nitrogen and oxygen atoms in total. The molecule has 1 aromatic heterocycles. The zero-order valence-corrected chi connectivity index (χ0v) is 18.4. The number of nitrogens with zero attached hydrogens (tertiary/aromatic N) is 2. The number of hydrogen-bond acceptors (Lipinski definition) is 5. The van der Waals surface area contributed by atoms with Crippen LogP contribution in [0.15, 0.2) is 36.5 Å². The van der Waals surface area contributed by atoms with E-state index in [0.717, 1.165) is 29.7 Å². The highest BCUT2D eigenvalue weighted by Crippen LogP contribution is 2.39. The van der Waals surface area contributed by atoms with Crippen molar-refractivity contribution < 1.29 is 0 Å². The average molecular weight is 392 g/mol. The predicted octanol–water partition coefficient (Wildman–Crippen LogP) is 3.33. The highest BCUT2D eigenvalue weighted by atomic mass is 15.1. The smallest absolute Gasteiger partial charge is 0.148 e. The second-order valence-electron chi connectivity index (χ2n) is 10.2. The molecule has 2 aromatic rings. The number of nitrogens with two attached hydrogens (primary N) is 2. The molecular formula is C24H33N5. The average Bonchev–Trinajstić information content (AvgIpc) is 2.57. The fourth-order valence-corrected chi connectivity index (χ4v) is 4.52. The molecule has 154 valence electrons. The van der Waals surface area contributed by atoms with Crippen molar-refractivity contribution >= 4 is 0 Å². The van der Waals surface area contributed by atoms with Crippen LogP contribution in [-0.4, -0.2) is 26.6 Å². The fraction of sp³-hybridized carbons (Fsp3) is 0.500. The van der Waals surface area contributed by atoms with Gasteiger partial charge in [-0.25, -0.2) is 9.97 Å². The van der Waals surface area contributed by atoms with Gasteiger partial charge < -0.3 is 16.8 Å². The summed E-state index contributed by atoms with van der Waals surface area (Å²) in [7, 11) is 0. The molecule has 0 bridgehead atoms. The standard InChI is InChI=1S/C24H33N5/c1-21(2,25)13-11-17-7-9-18(10-8-17)19-12-14-27-20(28-19)24(26)15-22(3,4)29-23(5,6)16-24/h7-10,12,14,29H,15-16,25-26H2,1-6H3. The van der Waals surface area contributed by atoms with Gasteiger partial charge in [-0.3, -0.25) is 0 Å². The first kappa shape index (κ1) is 21.4. The Kier molecular flexibility index (Phi) is 5.33. The van der Waals surface area contributed by atoms with Crippen molar-refractivity contribution in [3.05, 3.63) is 47.9 Å². The summed E-state index contributed by atoms with van der Waals surface area (Å²) in [6.07, 6.45) is 3.35. The third-order valence-corrected chi connectivity index (χ3v) is 5.00. The molecule has 5 N–H and O–H groups in total. The molecule has 3 rings (SSSR count). The maximum atomic E-state index is 6.89. The fourth-order valence-electron chi connectivity index (χ4n) is 4.52. The maximum absolute atomic E-state index is 6.89. The molecule has 0 saturated carbocycles. The van der Waals surface area contributed by atoms with E-state index in [1.165, 1.54) is 0 Å². The maximum Gasteiger partial charge on any atom is 0.148 e. The molecule has 1 fully saturated rings. The topological polar surface area (TPSA) is 89.8 Å². The molecule has 0 spiro atoms. The summed E-state index contributed by atoms with van der Waals surface area (Å²) >= 11 is 0. The van der Waals surface area contributed by atoms with E-state index in [-0.39, 0.29) is 11.1 Å². The van der Waals surface area contributed by atoms with Crippen LogP contribution >= 0.6 is 0 Å². The van der Waals surface area contributed by atoms with E-state index in [1.807, 2.05) is 44.2 Å². The van der Waals surface area contributed by atoms with Gasteiger partial charge in [-0.2, -0.15) is 0 Å². The van der Waals surface area contributed by atoms with Gasteiger partial charge in [0.15, 0.2) is 0 Å². The Morgan fingerprint density at radius 1 is 1.00 bits per heavy atom. The van der Waals surface area contributed by atoms with Crippen LogP contribution in [0.5, 0.6) is 0 Å². The van der Waals surface area contributed by atoms with E-state index < -0.39 is 11.1 Å². The van der Waals surface area contributed by atoms with Crippen LogP contribution in [0.4, 0.5) is 0 Å². The number of aromatic nitrogens is 2. The molecule has 0 unspecified atom stereocenters. The summed E-state index contributed by atoms with van der Waals surface area (Å²) in [5.41, 5.74) is 14.4. The van der Waals surface area contributed by atoms with E-state index in [2.05, 4.69) is 49.8 Å². The van der Waals surface area contributed by atoms with E-state index in [0.29, 0.717) is 5.82 Å². The zero-order valence-electron chi connectivity index (χ0n) is 18.4. The van der Waals surface area contributed by atoms with Crippen molar-refractivity contribution in [3.63, 3.8) is 0 Å². The second kappa shape index (κ2) is 7.21. The molecule has 2 heterocycles. The summed E-state index contributed by atoms with van der Waals surface area (Å²) < 4.78 is 0. The Morgan fingerprint density at radius 3 is 2.14 bits per heavy atom. The van der Waals surface area contributed by atoms with Crippen LogP contribution in [0.3, 0.4) is 0 Å². The van der Waals surface area contributed by atoms with Gasteiger partial charge in [-0.1, -0.05) is 24.0 Å². The number of rotatable bonds is 2. The normalized spacial score (nSPS) is 19.9. The van der Waals surface area contributed by atoms with Crippen molar-refractivity contribution in [2.75, 3.05) is 0 Å². The van der Waals surface area contributed by atoms with Gasteiger partial charge >= 0.3 is 0 Å².